The van der Waals surface area contributed by atoms with Crippen molar-refractivity contribution in [3.05, 3.63) is 42.0 Å². The standard InChI is InChI=1S/C12H15F2NO3S/c1-9(2)8-18-7-6-15-19(16,17)12-10(13)4-3-5-11(12)14/h3-5,15H,1,6-8H2,2H3. The Kier molecular flexibility index (Phi) is 5.59. The molecule has 0 unspecified atom stereocenters. The minimum Gasteiger partial charge on any atom is -0.376 e. The van der Waals surface area contributed by atoms with Gasteiger partial charge < -0.3 is 4.74 Å². The molecule has 0 aliphatic rings. The number of sulfonamides is 1. The Morgan fingerprint density at radius 1 is 1.37 bits per heavy atom. The van der Waals surface area contributed by atoms with Crippen LogP contribution in [0.3, 0.4) is 0 Å². The van der Waals surface area contributed by atoms with Crippen LogP contribution in [0.25, 0.3) is 0 Å². The van der Waals surface area contributed by atoms with Crippen molar-refractivity contribution in [1.29, 1.82) is 0 Å². The predicted molar refractivity (Wildman–Crippen MR) is 67.2 cm³/mol. The molecule has 106 valence electrons. The van der Waals surface area contributed by atoms with E-state index in [2.05, 4.69) is 11.3 Å². The molecule has 1 aromatic rings. The lowest BCUT2D eigenvalue weighted by molar-refractivity contribution is 0.162. The Balaban J connectivity index is 2.64. The number of rotatable bonds is 7. The van der Waals surface area contributed by atoms with Crippen LogP contribution >= 0.6 is 0 Å². The van der Waals surface area contributed by atoms with Gasteiger partial charge in [0.05, 0.1) is 13.2 Å². The lowest BCUT2D eigenvalue weighted by atomic mass is 10.3. The van der Waals surface area contributed by atoms with Gasteiger partial charge in [0, 0.05) is 6.54 Å². The Morgan fingerprint density at radius 3 is 2.47 bits per heavy atom. The van der Waals surface area contributed by atoms with Gasteiger partial charge in [0.1, 0.15) is 11.6 Å². The van der Waals surface area contributed by atoms with Gasteiger partial charge in [-0.1, -0.05) is 18.2 Å². The van der Waals surface area contributed by atoms with Gasteiger partial charge in [-0.2, -0.15) is 0 Å². The number of benzene rings is 1. The summed E-state index contributed by atoms with van der Waals surface area (Å²) >= 11 is 0. The van der Waals surface area contributed by atoms with Crippen molar-refractivity contribution in [2.75, 3.05) is 19.8 Å². The van der Waals surface area contributed by atoms with E-state index in [1.165, 1.54) is 0 Å². The van der Waals surface area contributed by atoms with Crippen LogP contribution in [0.2, 0.25) is 0 Å². The molecule has 1 rings (SSSR count). The van der Waals surface area contributed by atoms with Crippen LogP contribution in [0.1, 0.15) is 6.92 Å². The summed E-state index contributed by atoms with van der Waals surface area (Å²) in [5, 5.41) is 0. The molecule has 4 nitrogen and oxygen atoms in total. The summed E-state index contributed by atoms with van der Waals surface area (Å²) in [7, 11) is -4.22. The summed E-state index contributed by atoms with van der Waals surface area (Å²) in [6.45, 7) is 5.68. The van der Waals surface area contributed by atoms with Gasteiger partial charge in [-0.05, 0) is 19.1 Å². The van der Waals surface area contributed by atoms with E-state index in [4.69, 9.17) is 4.74 Å². The monoisotopic (exact) mass is 291 g/mol. The van der Waals surface area contributed by atoms with Gasteiger partial charge in [0.2, 0.25) is 10.0 Å². The van der Waals surface area contributed by atoms with Gasteiger partial charge in [-0.15, -0.1) is 0 Å². The molecule has 1 aromatic carbocycles. The molecule has 0 amide bonds. The number of hydrogen-bond acceptors (Lipinski definition) is 3. The molecular weight excluding hydrogens is 276 g/mol. The maximum Gasteiger partial charge on any atom is 0.246 e. The number of hydrogen-bond donors (Lipinski definition) is 1. The highest BCUT2D eigenvalue weighted by atomic mass is 32.2. The topological polar surface area (TPSA) is 55.4 Å². The smallest absolute Gasteiger partial charge is 0.246 e. The molecule has 0 radical (unpaired) electrons. The Labute approximate surface area is 111 Å². The van der Waals surface area contributed by atoms with Gasteiger partial charge in [0.25, 0.3) is 0 Å². The highest BCUT2D eigenvalue weighted by Gasteiger charge is 2.22. The first-order chi connectivity index (χ1) is 8.84. The van der Waals surface area contributed by atoms with Crippen LogP contribution in [-0.2, 0) is 14.8 Å². The quantitative estimate of drug-likeness (QED) is 0.616. The van der Waals surface area contributed by atoms with Crippen molar-refractivity contribution >= 4 is 10.0 Å². The zero-order valence-electron chi connectivity index (χ0n) is 10.4. The van der Waals surface area contributed by atoms with Gasteiger partial charge in [-0.3, -0.25) is 0 Å². The van der Waals surface area contributed by atoms with Crippen molar-refractivity contribution in [2.24, 2.45) is 0 Å². The molecule has 0 saturated heterocycles. The SMILES string of the molecule is C=C(C)COCCNS(=O)(=O)c1c(F)cccc1F. The number of halogens is 2. The lowest BCUT2D eigenvalue weighted by Crippen LogP contribution is -2.29. The van der Waals surface area contributed by atoms with Crippen LogP contribution in [0, 0.1) is 11.6 Å². The number of ether oxygens (including phenoxy) is 1. The first-order valence-corrected chi connectivity index (χ1v) is 6.98. The van der Waals surface area contributed by atoms with E-state index < -0.39 is 26.6 Å². The highest BCUT2D eigenvalue weighted by molar-refractivity contribution is 7.89. The van der Waals surface area contributed by atoms with Gasteiger partial charge in [0.15, 0.2) is 4.90 Å². The summed E-state index contributed by atoms with van der Waals surface area (Å²) in [6, 6.07) is 2.87. The van der Waals surface area contributed by atoms with Crippen LogP contribution in [0.5, 0.6) is 0 Å². The molecule has 0 saturated carbocycles. The van der Waals surface area contributed by atoms with Gasteiger partial charge >= 0.3 is 0 Å². The maximum absolute atomic E-state index is 13.3. The fourth-order valence-corrected chi connectivity index (χ4v) is 2.45. The second-order valence-electron chi connectivity index (χ2n) is 3.96. The first kappa shape index (κ1) is 15.7. The summed E-state index contributed by atoms with van der Waals surface area (Å²) < 4.78 is 57.2. The molecule has 0 aliphatic heterocycles. The van der Waals surface area contributed by atoms with Crippen molar-refractivity contribution in [3.63, 3.8) is 0 Å². The molecule has 0 aliphatic carbocycles. The van der Waals surface area contributed by atoms with E-state index in [1.807, 2.05) is 0 Å². The summed E-state index contributed by atoms with van der Waals surface area (Å²) in [5.74, 6) is -2.26. The molecule has 0 heterocycles. The number of nitrogens with one attached hydrogen (secondary N) is 1. The van der Waals surface area contributed by atoms with Crippen molar-refractivity contribution in [2.45, 2.75) is 11.8 Å². The summed E-state index contributed by atoms with van der Waals surface area (Å²) in [4.78, 5) is -0.977. The molecule has 0 bridgehead atoms. The minimum absolute atomic E-state index is 0.0800. The highest BCUT2D eigenvalue weighted by Crippen LogP contribution is 2.17. The molecule has 0 aromatic heterocycles. The molecule has 0 fully saturated rings. The minimum atomic E-state index is -4.22. The van der Waals surface area contributed by atoms with Crippen LogP contribution in [0.4, 0.5) is 8.78 Å². The van der Waals surface area contributed by atoms with E-state index in [-0.39, 0.29) is 13.2 Å². The summed E-state index contributed by atoms with van der Waals surface area (Å²) in [6.07, 6.45) is 0. The molecule has 0 atom stereocenters. The third-order valence-corrected chi connectivity index (χ3v) is 3.59. The Morgan fingerprint density at radius 2 is 1.95 bits per heavy atom. The average molecular weight is 291 g/mol. The average Bonchev–Trinajstić information content (AvgIpc) is 2.27. The van der Waals surface area contributed by atoms with Crippen LogP contribution < -0.4 is 4.72 Å². The fourth-order valence-electron chi connectivity index (χ4n) is 1.31. The van der Waals surface area contributed by atoms with Crippen LogP contribution in [-0.4, -0.2) is 28.2 Å². The predicted octanol–water partition coefficient (Wildman–Crippen LogP) is 1.84. The van der Waals surface area contributed by atoms with Crippen molar-refractivity contribution in [3.8, 4) is 0 Å². The second-order valence-corrected chi connectivity index (χ2v) is 5.66. The first-order valence-electron chi connectivity index (χ1n) is 5.50. The van der Waals surface area contributed by atoms with E-state index >= 15 is 0 Å². The third-order valence-electron chi connectivity index (χ3n) is 2.07. The molecule has 1 N–H and O–H groups in total. The normalized spacial score (nSPS) is 11.5. The Bertz CT molecular complexity index is 538. The zero-order valence-corrected chi connectivity index (χ0v) is 11.3. The second kappa shape index (κ2) is 6.74. The third kappa shape index (κ3) is 4.70. The van der Waals surface area contributed by atoms with E-state index in [0.717, 1.165) is 23.8 Å². The van der Waals surface area contributed by atoms with Crippen LogP contribution in [0.15, 0.2) is 35.2 Å². The van der Waals surface area contributed by atoms with E-state index in [9.17, 15) is 17.2 Å². The fraction of sp³-hybridized carbons (Fsp3) is 0.333. The zero-order chi connectivity index (χ0) is 14.5. The molecule has 0 spiro atoms. The molecule has 19 heavy (non-hydrogen) atoms. The summed E-state index contributed by atoms with van der Waals surface area (Å²) in [5.41, 5.74) is 0.794. The van der Waals surface area contributed by atoms with Crippen molar-refractivity contribution in [1.82, 2.24) is 4.72 Å². The Hall–Kier alpha value is -1.31. The van der Waals surface area contributed by atoms with E-state index in [1.54, 1.807) is 6.92 Å². The lowest BCUT2D eigenvalue weighted by Gasteiger charge is -2.09. The maximum atomic E-state index is 13.3. The van der Waals surface area contributed by atoms with E-state index in [0.29, 0.717) is 6.61 Å². The van der Waals surface area contributed by atoms with Gasteiger partial charge in [-0.25, -0.2) is 21.9 Å². The molecule has 7 heteroatoms. The molecular formula is C12H15F2NO3S. The largest absolute Gasteiger partial charge is 0.376 e. The van der Waals surface area contributed by atoms with Crippen molar-refractivity contribution < 1.29 is 21.9 Å².